The third kappa shape index (κ3) is 4.21. The zero-order valence-electron chi connectivity index (χ0n) is 18.8. The van der Waals surface area contributed by atoms with E-state index in [4.69, 9.17) is 0 Å². The van der Waals surface area contributed by atoms with Gasteiger partial charge in [-0.25, -0.2) is 22.2 Å². The molecule has 3 heterocycles. The molecule has 2 aliphatic rings. The van der Waals surface area contributed by atoms with E-state index in [1.807, 2.05) is 0 Å². The molecule has 10 heteroatoms. The van der Waals surface area contributed by atoms with Crippen LogP contribution >= 0.6 is 0 Å². The van der Waals surface area contributed by atoms with Crippen LogP contribution in [0, 0.1) is 11.6 Å². The van der Waals surface area contributed by atoms with Crippen LogP contribution in [0.1, 0.15) is 18.5 Å². The lowest BCUT2D eigenvalue weighted by molar-refractivity contribution is -0.112. The van der Waals surface area contributed by atoms with Crippen LogP contribution in [-0.4, -0.2) is 25.6 Å². The number of allylic oxidation sites excluding steroid dienone is 3. The molecule has 1 amide bonds. The zero-order valence-corrected chi connectivity index (χ0v) is 18.8. The number of hydrogen-bond donors (Lipinski definition) is 1. The van der Waals surface area contributed by atoms with Gasteiger partial charge in [0.2, 0.25) is 0 Å². The second-order valence-corrected chi connectivity index (χ2v) is 8.19. The third-order valence-corrected chi connectivity index (χ3v) is 5.89. The first-order valence-corrected chi connectivity index (χ1v) is 11.0. The van der Waals surface area contributed by atoms with Gasteiger partial charge in [-0.3, -0.25) is 9.78 Å². The summed E-state index contributed by atoms with van der Waals surface area (Å²) < 4.78 is 60.4. The van der Waals surface area contributed by atoms with Crippen molar-refractivity contribution in [3.63, 3.8) is 0 Å². The quantitative estimate of drug-likeness (QED) is 0.468. The van der Waals surface area contributed by atoms with Crippen LogP contribution < -0.4 is 5.32 Å². The molecule has 1 N–H and O–H groups in total. The van der Waals surface area contributed by atoms with Gasteiger partial charge >= 0.3 is 0 Å². The normalized spacial score (nSPS) is 15.7. The largest absolute Gasteiger partial charge is 0.338 e. The smallest absolute Gasteiger partial charge is 0.257 e. The van der Waals surface area contributed by atoms with Crippen molar-refractivity contribution in [1.29, 1.82) is 0 Å². The summed E-state index contributed by atoms with van der Waals surface area (Å²) in [6.45, 7) is 3.50. The second-order valence-electron chi connectivity index (χ2n) is 8.19. The minimum Gasteiger partial charge on any atom is -0.338 e. The second kappa shape index (κ2) is 9.29. The Morgan fingerprint density at radius 1 is 1.06 bits per heavy atom. The van der Waals surface area contributed by atoms with E-state index in [-0.39, 0.29) is 53.2 Å². The topological polar surface area (TPSA) is 63.1 Å². The van der Waals surface area contributed by atoms with Gasteiger partial charge in [-0.05, 0) is 23.8 Å². The number of amides is 1. The molecule has 0 unspecified atom stereocenters. The average molecular weight is 493 g/mol. The van der Waals surface area contributed by atoms with Crippen molar-refractivity contribution in [2.45, 2.75) is 19.4 Å². The Kier molecular flexibility index (Phi) is 6.01. The molecule has 0 saturated heterocycles. The molecule has 6 nitrogen and oxygen atoms in total. The van der Waals surface area contributed by atoms with E-state index in [0.717, 1.165) is 0 Å². The molecular weight excluding hydrogens is 474 g/mol. The molecule has 36 heavy (non-hydrogen) atoms. The Morgan fingerprint density at radius 3 is 2.56 bits per heavy atom. The number of halogens is 4. The number of fused-ring (bicyclic) bond motifs is 1. The molecule has 1 aromatic carbocycles. The Balaban J connectivity index is 1.53. The molecule has 5 rings (SSSR count). The molecule has 0 fully saturated rings. The van der Waals surface area contributed by atoms with Crippen LogP contribution in [0.3, 0.4) is 0 Å². The maximum atomic E-state index is 15.0. The Morgan fingerprint density at radius 2 is 1.83 bits per heavy atom. The van der Waals surface area contributed by atoms with Gasteiger partial charge in [0.1, 0.15) is 23.3 Å². The van der Waals surface area contributed by atoms with Gasteiger partial charge < -0.3 is 10.2 Å². The highest BCUT2D eigenvalue weighted by molar-refractivity contribution is 6.08. The number of carbonyl (C=O) groups is 1. The summed E-state index contributed by atoms with van der Waals surface area (Å²) in [5.74, 6) is -3.40. The maximum Gasteiger partial charge on any atom is 0.257 e. The van der Waals surface area contributed by atoms with Gasteiger partial charge in [-0.2, -0.15) is 5.10 Å². The summed E-state index contributed by atoms with van der Waals surface area (Å²) >= 11 is 0. The Labute approximate surface area is 203 Å². The van der Waals surface area contributed by atoms with E-state index >= 15 is 0 Å². The molecule has 182 valence electrons. The van der Waals surface area contributed by atoms with Gasteiger partial charge in [0.15, 0.2) is 0 Å². The molecule has 0 saturated carbocycles. The van der Waals surface area contributed by atoms with Gasteiger partial charge in [0.05, 0.1) is 41.1 Å². The fourth-order valence-electron chi connectivity index (χ4n) is 4.12. The summed E-state index contributed by atoms with van der Waals surface area (Å²) in [7, 11) is 0. The predicted octanol–water partition coefficient (Wildman–Crippen LogP) is 5.64. The van der Waals surface area contributed by atoms with E-state index in [2.05, 4.69) is 22.0 Å². The number of carbonyl (C=O) groups excluding carboxylic acids is 1. The van der Waals surface area contributed by atoms with Gasteiger partial charge in [0.25, 0.3) is 5.91 Å². The van der Waals surface area contributed by atoms with Crippen LogP contribution in [0.25, 0.3) is 5.69 Å². The van der Waals surface area contributed by atoms with Crippen molar-refractivity contribution in [3.05, 3.63) is 119 Å². The SMILES string of the molecule is C=C1C(C(=O)Nc2ccccc2F)=CN(Cc2ncc(-n3cccn3)cc2F)C2=C(F)CCC(F)=C12. The van der Waals surface area contributed by atoms with Crippen LogP contribution in [0.4, 0.5) is 23.2 Å². The van der Waals surface area contributed by atoms with Gasteiger partial charge in [0, 0.05) is 43.1 Å². The van der Waals surface area contributed by atoms with Crippen molar-refractivity contribution in [2.75, 3.05) is 5.32 Å². The number of anilines is 1. The Hall–Kier alpha value is -4.47. The molecular formula is C26H19F4N5O. The molecule has 1 aliphatic heterocycles. The van der Waals surface area contributed by atoms with E-state index < -0.39 is 29.2 Å². The summed E-state index contributed by atoms with van der Waals surface area (Å²) in [4.78, 5) is 18.4. The molecule has 2 aromatic heterocycles. The van der Waals surface area contributed by atoms with Crippen molar-refractivity contribution in [1.82, 2.24) is 19.7 Å². The van der Waals surface area contributed by atoms with Crippen molar-refractivity contribution in [2.24, 2.45) is 0 Å². The number of nitrogens with one attached hydrogen (secondary N) is 1. The van der Waals surface area contributed by atoms with Crippen molar-refractivity contribution >= 4 is 11.6 Å². The number of nitrogens with zero attached hydrogens (tertiary/aromatic N) is 4. The van der Waals surface area contributed by atoms with Crippen LogP contribution in [0.15, 0.2) is 102 Å². The number of aromatic nitrogens is 3. The van der Waals surface area contributed by atoms with E-state index in [1.54, 1.807) is 12.3 Å². The highest BCUT2D eigenvalue weighted by Gasteiger charge is 2.35. The molecule has 3 aromatic rings. The first kappa shape index (κ1) is 23.3. The van der Waals surface area contributed by atoms with Gasteiger partial charge in [-0.15, -0.1) is 0 Å². The first-order chi connectivity index (χ1) is 17.3. The average Bonchev–Trinajstić information content (AvgIpc) is 3.40. The summed E-state index contributed by atoms with van der Waals surface area (Å²) in [6, 6.07) is 8.43. The molecule has 0 radical (unpaired) electrons. The first-order valence-electron chi connectivity index (χ1n) is 11.0. The highest BCUT2D eigenvalue weighted by Crippen LogP contribution is 2.43. The van der Waals surface area contributed by atoms with E-state index in [9.17, 15) is 22.4 Å². The minimum absolute atomic E-state index is 0.0510. The highest BCUT2D eigenvalue weighted by atomic mass is 19.1. The maximum absolute atomic E-state index is 15.0. The monoisotopic (exact) mass is 493 g/mol. The van der Waals surface area contributed by atoms with E-state index in [1.165, 1.54) is 58.5 Å². The molecule has 0 atom stereocenters. The van der Waals surface area contributed by atoms with Crippen molar-refractivity contribution in [3.8, 4) is 5.69 Å². The standard InChI is InChI=1S/C26H19F4N5O/c1-15-17(26(36)33-22-6-3-2-5-18(22)27)13-34(25-20(29)8-7-19(28)24(15)25)14-23-21(30)11-16(12-31-23)35-10-4-9-32-35/h2-6,9-13H,1,7-8,14H2,(H,33,36). The predicted molar refractivity (Wildman–Crippen MR) is 125 cm³/mol. The number of benzene rings is 1. The zero-order chi connectivity index (χ0) is 25.4. The molecule has 1 aliphatic carbocycles. The fraction of sp³-hybridized carbons (Fsp3) is 0.115. The van der Waals surface area contributed by atoms with Crippen molar-refractivity contribution < 1.29 is 22.4 Å². The number of hydrogen-bond acceptors (Lipinski definition) is 4. The molecule has 0 spiro atoms. The minimum atomic E-state index is -0.775. The lowest BCUT2D eigenvalue weighted by Crippen LogP contribution is -2.31. The number of pyridine rings is 1. The van der Waals surface area contributed by atoms with Crippen LogP contribution in [-0.2, 0) is 11.3 Å². The molecule has 0 bridgehead atoms. The van der Waals surface area contributed by atoms with Crippen LogP contribution in [0.2, 0.25) is 0 Å². The fourth-order valence-corrected chi connectivity index (χ4v) is 4.12. The lowest BCUT2D eigenvalue weighted by atomic mass is 9.87. The van der Waals surface area contributed by atoms with Gasteiger partial charge in [-0.1, -0.05) is 18.7 Å². The lowest BCUT2D eigenvalue weighted by Gasteiger charge is -2.35. The van der Waals surface area contributed by atoms with E-state index in [0.29, 0.717) is 5.69 Å². The third-order valence-electron chi connectivity index (χ3n) is 5.89. The Bertz CT molecular complexity index is 1470. The summed E-state index contributed by atoms with van der Waals surface area (Å²) in [5, 5.41) is 6.45. The number of para-hydroxylation sites is 1. The summed E-state index contributed by atoms with van der Waals surface area (Å²) in [6.07, 6.45) is 5.41. The summed E-state index contributed by atoms with van der Waals surface area (Å²) in [5.41, 5.74) is -0.245. The van der Waals surface area contributed by atoms with Crippen LogP contribution in [0.5, 0.6) is 0 Å². The number of rotatable bonds is 5.